The third kappa shape index (κ3) is 4.15. The number of anilines is 1. The molecule has 0 saturated heterocycles. The van der Waals surface area contributed by atoms with Crippen LogP contribution in [0.5, 0.6) is 5.75 Å². The van der Waals surface area contributed by atoms with Gasteiger partial charge in [0.1, 0.15) is 17.2 Å². The molecule has 0 aliphatic carbocycles. The van der Waals surface area contributed by atoms with Gasteiger partial charge in [0, 0.05) is 25.2 Å². The SMILES string of the molecule is CCNc1cc2oc(-c3ccc(F)cc3)c(C(=O)NC)c2c(Cl)c1OS(C)(=O)=O. The number of fused-ring (bicyclic) bond motifs is 1. The van der Waals surface area contributed by atoms with Crippen LogP contribution in [0.4, 0.5) is 10.1 Å². The lowest BCUT2D eigenvalue weighted by Crippen LogP contribution is -2.18. The van der Waals surface area contributed by atoms with Gasteiger partial charge >= 0.3 is 10.1 Å². The zero-order chi connectivity index (χ0) is 21.3. The average molecular weight is 441 g/mol. The summed E-state index contributed by atoms with van der Waals surface area (Å²) in [4.78, 5) is 12.6. The normalized spacial score (nSPS) is 11.5. The van der Waals surface area contributed by atoms with Crippen LogP contribution >= 0.6 is 11.6 Å². The van der Waals surface area contributed by atoms with Crippen molar-refractivity contribution < 1.29 is 26.2 Å². The van der Waals surface area contributed by atoms with Crippen molar-refractivity contribution in [1.29, 1.82) is 0 Å². The summed E-state index contributed by atoms with van der Waals surface area (Å²) in [6.45, 7) is 2.26. The molecule has 3 aromatic rings. The molecule has 154 valence electrons. The lowest BCUT2D eigenvalue weighted by Gasteiger charge is -2.13. The molecule has 3 rings (SSSR count). The van der Waals surface area contributed by atoms with Gasteiger partial charge in [-0.3, -0.25) is 4.79 Å². The van der Waals surface area contributed by atoms with Gasteiger partial charge in [0.15, 0.2) is 5.75 Å². The Balaban J connectivity index is 2.39. The van der Waals surface area contributed by atoms with E-state index in [1.807, 2.05) is 6.92 Å². The average Bonchev–Trinajstić information content (AvgIpc) is 3.03. The van der Waals surface area contributed by atoms with E-state index < -0.39 is 21.8 Å². The Kier molecular flexibility index (Phi) is 5.72. The number of furan rings is 1. The topological polar surface area (TPSA) is 97.6 Å². The molecule has 1 aromatic heterocycles. The molecule has 2 aromatic carbocycles. The number of rotatable bonds is 6. The maximum Gasteiger partial charge on any atom is 0.306 e. The van der Waals surface area contributed by atoms with Gasteiger partial charge in [-0.1, -0.05) is 11.6 Å². The minimum Gasteiger partial charge on any atom is -0.455 e. The lowest BCUT2D eigenvalue weighted by molar-refractivity contribution is 0.0964. The number of carbonyl (C=O) groups excluding carboxylic acids is 1. The molecule has 0 radical (unpaired) electrons. The Morgan fingerprint density at radius 3 is 2.48 bits per heavy atom. The summed E-state index contributed by atoms with van der Waals surface area (Å²) < 4.78 is 47.8. The number of carbonyl (C=O) groups is 1. The lowest BCUT2D eigenvalue weighted by atomic mass is 10.0. The molecule has 0 fully saturated rings. The molecule has 1 amide bonds. The summed E-state index contributed by atoms with van der Waals surface area (Å²) in [5, 5.41) is 5.56. The van der Waals surface area contributed by atoms with E-state index in [2.05, 4.69) is 10.6 Å². The van der Waals surface area contributed by atoms with Gasteiger partial charge in [-0.05, 0) is 31.2 Å². The summed E-state index contributed by atoms with van der Waals surface area (Å²) in [6.07, 6.45) is 0.891. The number of halogens is 2. The van der Waals surface area contributed by atoms with Crippen molar-refractivity contribution in [1.82, 2.24) is 5.32 Å². The van der Waals surface area contributed by atoms with Crippen molar-refractivity contribution in [3.63, 3.8) is 0 Å². The largest absolute Gasteiger partial charge is 0.455 e. The van der Waals surface area contributed by atoms with E-state index in [1.165, 1.54) is 37.4 Å². The van der Waals surface area contributed by atoms with E-state index >= 15 is 0 Å². The molecule has 2 N–H and O–H groups in total. The molecule has 7 nitrogen and oxygen atoms in total. The molecule has 10 heteroatoms. The van der Waals surface area contributed by atoms with Gasteiger partial charge in [-0.2, -0.15) is 8.42 Å². The summed E-state index contributed by atoms with van der Waals surface area (Å²) in [6, 6.07) is 6.91. The maximum atomic E-state index is 13.3. The first-order valence-electron chi connectivity index (χ1n) is 8.56. The Labute approximate surface area is 171 Å². The molecule has 0 saturated carbocycles. The van der Waals surface area contributed by atoms with Crippen molar-refractivity contribution in [3.8, 4) is 17.1 Å². The highest BCUT2D eigenvalue weighted by Crippen LogP contribution is 2.45. The van der Waals surface area contributed by atoms with Gasteiger partial charge in [0.05, 0.1) is 27.9 Å². The number of benzene rings is 2. The van der Waals surface area contributed by atoms with Crippen molar-refractivity contribution in [2.45, 2.75) is 6.92 Å². The van der Waals surface area contributed by atoms with Gasteiger partial charge in [0.25, 0.3) is 5.91 Å². The molecule has 0 bridgehead atoms. The Bertz CT molecular complexity index is 1190. The Hall–Kier alpha value is -2.78. The molecule has 0 spiro atoms. The van der Waals surface area contributed by atoms with Crippen LogP contribution in [0, 0.1) is 5.82 Å². The van der Waals surface area contributed by atoms with Crippen LogP contribution in [0.15, 0.2) is 34.7 Å². The predicted octanol–water partition coefficient (Wildman–Crippen LogP) is 4.02. The monoisotopic (exact) mass is 440 g/mol. The van der Waals surface area contributed by atoms with Crippen LogP contribution in [0.25, 0.3) is 22.3 Å². The molecule has 29 heavy (non-hydrogen) atoms. The summed E-state index contributed by atoms with van der Waals surface area (Å²) in [5.74, 6) is -0.922. The number of hydrogen-bond acceptors (Lipinski definition) is 6. The van der Waals surface area contributed by atoms with Crippen LogP contribution < -0.4 is 14.8 Å². The first-order valence-corrected chi connectivity index (χ1v) is 10.8. The zero-order valence-electron chi connectivity index (χ0n) is 15.8. The molecule has 1 heterocycles. The summed E-state index contributed by atoms with van der Waals surface area (Å²) in [7, 11) is -2.46. The van der Waals surface area contributed by atoms with E-state index in [9.17, 15) is 17.6 Å². The van der Waals surface area contributed by atoms with Crippen molar-refractivity contribution >= 4 is 44.3 Å². The predicted molar refractivity (Wildman–Crippen MR) is 110 cm³/mol. The fraction of sp³-hybridized carbons (Fsp3) is 0.211. The van der Waals surface area contributed by atoms with Crippen molar-refractivity contribution in [3.05, 3.63) is 46.7 Å². The quantitative estimate of drug-likeness (QED) is 0.562. The highest BCUT2D eigenvalue weighted by Gasteiger charge is 2.28. The Morgan fingerprint density at radius 2 is 1.93 bits per heavy atom. The highest BCUT2D eigenvalue weighted by atomic mass is 35.5. The molecule has 0 unspecified atom stereocenters. The fourth-order valence-corrected chi connectivity index (χ4v) is 3.75. The second-order valence-electron chi connectivity index (χ2n) is 6.15. The zero-order valence-corrected chi connectivity index (χ0v) is 17.4. The number of hydrogen-bond donors (Lipinski definition) is 2. The minimum absolute atomic E-state index is 0.0838. The van der Waals surface area contributed by atoms with Gasteiger partial charge < -0.3 is 19.2 Å². The van der Waals surface area contributed by atoms with Gasteiger partial charge in [-0.25, -0.2) is 4.39 Å². The van der Waals surface area contributed by atoms with E-state index in [4.69, 9.17) is 20.2 Å². The van der Waals surface area contributed by atoms with E-state index in [-0.39, 0.29) is 33.1 Å². The van der Waals surface area contributed by atoms with E-state index in [0.717, 1.165) is 6.26 Å². The van der Waals surface area contributed by atoms with Gasteiger partial charge in [-0.15, -0.1) is 0 Å². The van der Waals surface area contributed by atoms with Crippen LogP contribution in [0.1, 0.15) is 17.3 Å². The fourth-order valence-electron chi connectivity index (χ4n) is 2.90. The van der Waals surface area contributed by atoms with Crippen LogP contribution in [0.3, 0.4) is 0 Å². The molecular weight excluding hydrogens is 423 g/mol. The van der Waals surface area contributed by atoms with Crippen LogP contribution in [-0.2, 0) is 10.1 Å². The highest BCUT2D eigenvalue weighted by molar-refractivity contribution is 7.86. The van der Waals surface area contributed by atoms with E-state index in [0.29, 0.717) is 17.8 Å². The van der Waals surface area contributed by atoms with Crippen LogP contribution in [0.2, 0.25) is 5.02 Å². The second kappa shape index (κ2) is 7.92. The second-order valence-corrected chi connectivity index (χ2v) is 8.10. The minimum atomic E-state index is -3.90. The molecule has 0 atom stereocenters. The Morgan fingerprint density at radius 1 is 1.28 bits per heavy atom. The third-order valence-electron chi connectivity index (χ3n) is 4.04. The molecule has 0 aliphatic heterocycles. The van der Waals surface area contributed by atoms with E-state index in [1.54, 1.807) is 0 Å². The summed E-state index contributed by atoms with van der Waals surface area (Å²) in [5.41, 5.74) is 1.07. The van der Waals surface area contributed by atoms with Crippen molar-refractivity contribution in [2.75, 3.05) is 25.2 Å². The van der Waals surface area contributed by atoms with Crippen molar-refractivity contribution in [2.24, 2.45) is 0 Å². The smallest absolute Gasteiger partial charge is 0.306 e. The molecular formula is C19H18ClFN2O5S. The van der Waals surface area contributed by atoms with Gasteiger partial charge in [0.2, 0.25) is 0 Å². The first-order chi connectivity index (χ1) is 13.7. The number of amides is 1. The maximum absolute atomic E-state index is 13.3. The standard InChI is InChI=1S/C19H18ClFN2O5S/c1-4-23-12-9-13-14(16(20)18(12)28-29(3,25)26)15(19(24)22-2)17(27-13)10-5-7-11(21)8-6-10/h5-9,23H,4H2,1-3H3,(H,22,24). The van der Waals surface area contributed by atoms with Crippen LogP contribution in [-0.4, -0.2) is 34.2 Å². The summed E-state index contributed by atoms with van der Waals surface area (Å²) >= 11 is 6.49. The third-order valence-corrected chi connectivity index (χ3v) is 4.87. The first kappa shape index (κ1) is 20.9. The molecule has 0 aliphatic rings. The number of nitrogens with one attached hydrogen (secondary N) is 2.